The maximum absolute atomic E-state index is 12.9. The van der Waals surface area contributed by atoms with Crippen molar-refractivity contribution in [3.05, 3.63) is 65.0 Å². The number of benzene rings is 2. The van der Waals surface area contributed by atoms with Crippen molar-refractivity contribution in [2.45, 2.75) is 18.7 Å². The lowest BCUT2D eigenvalue weighted by Gasteiger charge is -2.09. The number of anilines is 1. The fourth-order valence-electron chi connectivity index (χ4n) is 2.83. The van der Waals surface area contributed by atoms with Crippen molar-refractivity contribution in [3.8, 4) is 17.0 Å². The second kappa shape index (κ2) is 6.70. The highest BCUT2D eigenvalue weighted by Crippen LogP contribution is 2.33. The third kappa shape index (κ3) is 3.66. The number of thiazole rings is 1. The zero-order valence-corrected chi connectivity index (χ0v) is 14.6. The standard InChI is InChI=1S/C19H13F3N2O2S/c20-19(21,22)13-6-3-5-11(8-13)14-10-27-18(23-14)24-17(25)16-9-12-4-1-2-7-15(12)26-16/h1-8,10,16H,9H2,(H,23,24,25). The number of hydrogen-bond acceptors (Lipinski definition) is 4. The lowest BCUT2D eigenvalue weighted by atomic mass is 10.1. The average Bonchev–Trinajstić information content (AvgIpc) is 3.28. The molecular weight excluding hydrogens is 377 g/mol. The molecule has 0 saturated carbocycles. The minimum absolute atomic E-state index is 0.312. The van der Waals surface area contributed by atoms with Gasteiger partial charge < -0.3 is 4.74 Å². The molecule has 1 aliphatic rings. The fraction of sp³-hybridized carbons (Fsp3) is 0.158. The first-order chi connectivity index (χ1) is 12.9. The number of nitrogens with one attached hydrogen (secondary N) is 1. The summed E-state index contributed by atoms with van der Waals surface area (Å²) in [5.41, 5.74) is 0.931. The predicted octanol–water partition coefficient (Wildman–Crippen LogP) is 4.77. The van der Waals surface area contributed by atoms with E-state index in [4.69, 9.17) is 4.74 Å². The van der Waals surface area contributed by atoms with Crippen molar-refractivity contribution in [3.63, 3.8) is 0 Å². The maximum Gasteiger partial charge on any atom is 0.416 e. The lowest BCUT2D eigenvalue weighted by Crippen LogP contribution is -2.31. The summed E-state index contributed by atoms with van der Waals surface area (Å²) in [4.78, 5) is 16.6. The van der Waals surface area contributed by atoms with Gasteiger partial charge in [0.15, 0.2) is 11.2 Å². The normalized spacial score (nSPS) is 15.9. The highest BCUT2D eigenvalue weighted by molar-refractivity contribution is 7.14. The summed E-state index contributed by atoms with van der Waals surface area (Å²) < 4.78 is 44.2. The van der Waals surface area contributed by atoms with Crippen LogP contribution in [0.5, 0.6) is 5.75 Å². The predicted molar refractivity (Wildman–Crippen MR) is 95.7 cm³/mol. The van der Waals surface area contributed by atoms with E-state index >= 15 is 0 Å². The third-order valence-electron chi connectivity index (χ3n) is 4.16. The molecule has 1 amide bonds. The van der Waals surface area contributed by atoms with Crippen LogP contribution in [0, 0.1) is 0 Å². The van der Waals surface area contributed by atoms with Gasteiger partial charge in [0, 0.05) is 17.4 Å². The van der Waals surface area contributed by atoms with Crippen LogP contribution in [0.3, 0.4) is 0 Å². The molecule has 0 aliphatic carbocycles. The van der Waals surface area contributed by atoms with E-state index in [-0.39, 0.29) is 5.91 Å². The number of alkyl halides is 3. The van der Waals surface area contributed by atoms with Crippen LogP contribution in [-0.2, 0) is 17.4 Å². The molecule has 2 heterocycles. The van der Waals surface area contributed by atoms with Gasteiger partial charge in [0.1, 0.15) is 5.75 Å². The van der Waals surface area contributed by atoms with Gasteiger partial charge in [-0.1, -0.05) is 30.3 Å². The van der Waals surface area contributed by atoms with Crippen LogP contribution in [0.15, 0.2) is 53.9 Å². The first-order valence-corrected chi connectivity index (χ1v) is 8.97. The maximum atomic E-state index is 12.9. The van der Waals surface area contributed by atoms with Crippen molar-refractivity contribution in [2.24, 2.45) is 0 Å². The van der Waals surface area contributed by atoms with Gasteiger partial charge in [0.25, 0.3) is 5.91 Å². The number of halogens is 3. The highest BCUT2D eigenvalue weighted by Gasteiger charge is 2.31. The van der Waals surface area contributed by atoms with Gasteiger partial charge in [-0.2, -0.15) is 13.2 Å². The van der Waals surface area contributed by atoms with Crippen LogP contribution < -0.4 is 10.1 Å². The smallest absolute Gasteiger partial charge is 0.416 e. The number of amides is 1. The minimum Gasteiger partial charge on any atom is -0.480 e. The number of hydrogen-bond donors (Lipinski definition) is 1. The molecule has 2 aromatic carbocycles. The molecule has 1 N–H and O–H groups in total. The van der Waals surface area contributed by atoms with Gasteiger partial charge in [-0.15, -0.1) is 11.3 Å². The Balaban J connectivity index is 1.47. The molecule has 1 aromatic heterocycles. The lowest BCUT2D eigenvalue weighted by molar-refractivity contribution is -0.137. The number of fused-ring (bicyclic) bond motifs is 1. The molecule has 0 spiro atoms. The number of carbonyl (C=O) groups excluding carboxylic acids is 1. The van der Waals surface area contributed by atoms with Crippen molar-refractivity contribution in [1.29, 1.82) is 0 Å². The number of rotatable bonds is 3. The molecule has 1 unspecified atom stereocenters. The number of nitrogens with zero attached hydrogens (tertiary/aromatic N) is 1. The van der Waals surface area contributed by atoms with E-state index < -0.39 is 17.8 Å². The van der Waals surface area contributed by atoms with E-state index in [9.17, 15) is 18.0 Å². The van der Waals surface area contributed by atoms with E-state index in [2.05, 4.69) is 10.3 Å². The monoisotopic (exact) mass is 390 g/mol. The minimum atomic E-state index is -4.42. The first kappa shape index (κ1) is 17.5. The first-order valence-electron chi connectivity index (χ1n) is 8.09. The van der Waals surface area contributed by atoms with Crippen LogP contribution >= 0.6 is 11.3 Å². The largest absolute Gasteiger partial charge is 0.480 e. The van der Waals surface area contributed by atoms with E-state index in [1.165, 1.54) is 6.07 Å². The second-order valence-electron chi connectivity index (χ2n) is 6.02. The zero-order valence-electron chi connectivity index (χ0n) is 13.8. The second-order valence-corrected chi connectivity index (χ2v) is 6.88. The third-order valence-corrected chi connectivity index (χ3v) is 4.92. The van der Waals surface area contributed by atoms with E-state index in [0.717, 1.165) is 29.0 Å². The summed E-state index contributed by atoms with van der Waals surface area (Å²) in [5.74, 6) is 0.345. The van der Waals surface area contributed by atoms with Crippen molar-refractivity contribution in [1.82, 2.24) is 4.98 Å². The highest BCUT2D eigenvalue weighted by atomic mass is 32.1. The van der Waals surface area contributed by atoms with Crippen LogP contribution in [0.25, 0.3) is 11.3 Å². The quantitative estimate of drug-likeness (QED) is 0.701. The SMILES string of the molecule is O=C(Nc1nc(-c2cccc(C(F)(F)F)c2)cs1)C1Cc2ccccc2O1. The molecule has 1 aliphatic heterocycles. The van der Waals surface area contributed by atoms with Gasteiger partial charge in [-0.05, 0) is 23.8 Å². The topological polar surface area (TPSA) is 51.2 Å². The zero-order chi connectivity index (χ0) is 19.0. The Hall–Kier alpha value is -2.87. The van der Waals surface area contributed by atoms with Gasteiger partial charge in [-0.3, -0.25) is 10.1 Å². The van der Waals surface area contributed by atoms with Crippen LogP contribution in [0.4, 0.5) is 18.3 Å². The van der Waals surface area contributed by atoms with Crippen molar-refractivity contribution in [2.75, 3.05) is 5.32 Å². The molecule has 27 heavy (non-hydrogen) atoms. The molecule has 138 valence electrons. The Kier molecular flexibility index (Phi) is 4.35. The summed E-state index contributed by atoms with van der Waals surface area (Å²) in [6.07, 6.45) is -4.60. The molecular formula is C19H13F3N2O2S. The Morgan fingerprint density at radius 1 is 1.19 bits per heavy atom. The summed E-state index contributed by atoms with van der Waals surface area (Å²) in [6, 6.07) is 12.3. The molecule has 3 aromatic rings. The van der Waals surface area contributed by atoms with Gasteiger partial charge >= 0.3 is 6.18 Å². The van der Waals surface area contributed by atoms with E-state index in [1.807, 2.05) is 18.2 Å². The van der Waals surface area contributed by atoms with Crippen molar-refractivity contribution < 1.29 is 22.7 Å². The summed E-state index contributed by atoms with van der Waals surface area (Å²) in [7, 11) is 0. The molecule has 0 bridgehead atoms. The van der Waals surface area contributed by atoms with Crippen LogP contribution in [0.2, 0.25) is 0 Å². The Morgan fingerprint density at radius 2 is 2.00 bits per heavy atom. The van der Waals surface area contributed by atoms with Crippen LogP contribution in [-0.4, -0.2) is 17.0 Å². The number of para-hydroxylation sites is 1. The molecule has 1 atom stereocenters. The summed E-state index contributed by atoms with van der Waals surface area (Å²) >= 11 is 1.15. The molecule has 0 radical (unpaired) electrons. The Labute approximate surface area is 156 Å². The van der Waals surface area contributed by atoms with E-state index in [0.29, 0.717) is 28.6 Å². The van der Waals surface area contributed by atoms with Gasteiger partial charge in [0.2, 0.25) is 0 Å². The number of ether oxygens (including phenoxy) is 1. The molecule has 4 nitrogen and oxygen atoms in total. The average molecular weight is 390 g/mol. The molecule has 8 heteroatoms. The molecule has 0 saturated heterocycles. The van der Waals surface area contributed by atoms with Crippen LogP contribution in [0.1, 0.15) is 11.1 Å². The van der Waals surface area contributed by atoms with Crippen molar-refractivity contribution >= 4 is 22.4 Å². The summed E-state index contributed by atoms with van der Waals surface area (Å²) in [5, 5.41) is 4.59. The number of carbonyl (C=O) groups is 1. The fourth-order valence-corrected chi connectivity index (χ4v) is 3.56. The summed E-state index contributed by atoms with van der Waals surface area (Å²) in [6.45, 7) is 0. The van der Waals surface area contributed by atoms with Gasteiger partial charge in [0.05, 0.1) is 11.3 Å². The van der Waals surface area contributed by atoms with E-state index in [1.54, 1.807) is 17.5 Å². The Morgan fingerprint density at radius 3 is 2.78 bits per heavy atom. The molecule has 4 rings (SSSR count). The molecule has 0 fully saturated rings. The van der Waals surface area contributed by atoms with Gasteiger partial charge in [-0.25, -0.2) is 4.98 Å². The Bertz CT molecular complexity index is 975. The number of aromatic nitrogens is 1.